The molecule has 4 aromatic rings. The molecule has 12 N–H and O–H groups in total. The number of para-hydroxylation sites is 1. The molecule has 1 aliphatic heterocycles. The normalized spacial score (nSPS) is 20.2. The van der Waals surface area contributed by atoms with Crippen molar-refractivity contribution in [1.29, 1.82) is 0 Å². The third-order valence-corrected chi connectivity index (χ3v) is 10.3. The van der Waals surface area contributed by atoms with E-state index in [2.05, 4.69) is 36.6 Å². The number of guanidine groups is 1. The van der Waals surface area contributed by atoms with Crippen molar-refractivity contribution in [2.45, 2.75) is 75.5 Å². The number of hydrogen-bond acceptors (Lipinski definition) is 8. The standard InChI is InChI=1S/C44H55N11O7/c45-37(56)27-55-22-21-48-38(57)18-9-19-39(58)51-34(23-28-11-3-1-4-12-28)41(60)53-35(24-29-13-5-2-6-14-29)42(61)52-33(17-10-20-49-44(46)47)40(59)54-36(43(55)62)25-30-26-50-32-16-8-7-15-31(30)32/h1-8,11-16,26,33-36,50H,9-10,17-25,27H2,(H2,45,56)(H,48,57)(H,51,58)(H,52,61)(H,53,60)(H,54,59)(H4,46,47,49)/t33-,34-,35+,36-/m0/s1. The molecule has 62 heavy (non-hydrogen) atoms. The van der Waals surface area contributed by atoms with Crippen LogP contribution in [0.25, 0.3) is 10.9 Å². The molecule has 1 aliphatic rings. The molecule has 0 unspecified atom stereocenters. The second-order valence-corrected chi connectivity index (χ2v) is 15.1. The number of carbonyl (C=O) groups excluding carboxylic acids is 7. The first-order valence-electron chi connectivity index (χ1n) is 20.6. The second-order valence-electron chi connectivity index (χ2n) is 15.1. The zero-order valence-electron chi connectivity index (χ0n) is 34.4. The molecule has 5 rings (SSSR count). The van der Waals surface area contributed by atoms with E-state index in [1.807, 2.05) is 48.5 Å². The van der Waals surface area contributed by atoms with Crippen LogP contribution in [-0.4, -0.2) is 108 Å². The largest absolute Gasteiger partial charge is 0.370 e. The van der Waals surface area contributed by atoms with E-state index in [0.29, 0.717) is 11.1 Å². The van der Waals surface area contributed by atoms with Gasteiger partial charge >= 0.3 is 0 Å². The van der Waals surface area contributed by atoms with Crippen LogP contribution in [0.3, 0.4) is 0 Å². The van der Waals surface area contributed by atoms with Crippen LogP contribution in [-0.2, 0) is 52.8 Å². The van der Waals surface area contributed by atoms with Crippen LogP contribution in [0, 0.1) is 0 Å². The van der Waals surface area contributed by atoms with Crippen molar-refractivity contribution in [3.63, 3.8) is 0 Å². The maximum absolute atomic E-state index is 14.5. The highest BCUT2D eigenvalue weighted by atomic mass is 16.2. The van der Waals surface area contributed by atoms with Crippen LogP contribution in [0.2, 0.25) is 0 Å². The predicted octanol–water partition coefficient (Wildman–Crippen LogP) is -0.197. The number of rotatable bonds is 12. The summed E-state index contributed by atoms with van der Waals surface area (Å²) in [5.41, 5.74) is 19.6. The molecule has 1 fully saturated rings. The van der Waals surface area contributed by atoms with Crippen LogP contribution in [0.1, 0.15) is 48.8 Å². The molecule has 1 aromatic heterocycles. The summed E-state index contributed by atoms with van der Waals surface area (Å²) in [5, 5.41) is 14.8. The number of amides is 7. The highest BCUT2D eigenvalue weighted by molar-refractivity contribution is 5.97. The number of nitrogens with zero attached hydrogens (tertiary/aromatic N) is 2. The lowest BCUT2D eigenvalue weighted by molar-refractivity contribution is -0.139. The Morgan fingerprint density at radius 2 is 1.23 bits per heavy atom. The Morgan fingerprint density at radius 3 is 1.87 bits per heavy atom. The summed E-state index contributed by atoms with van der Waals surface area (Å²) in [6.07, 6.45) is 2.06. The summed E-state index contributed by atoms with van der Waals surface area (Å²) >= 11 is 0. The molecule has 18 heteroatoms. The lowest BCUT2D eigenvalue weighted by Crippen LogP contribution is -2.59. The fourth-order valence-electron chi connectivity index (χ4n) is 7.20. The minimum Gasteiger partial charge on any atom is -0.370 e. The zero-order chi connectivity index (χ0) is 44.4. The van der Waals surface area contributed by atoms with Crippen LogP contribution >= 0.6 is 0 Å². The molecule has 1 saturated heterocycles. The molecule has 2 heterocycles. The molecular weight excluding hydrogens is 795 g/mol. The maximum atomic E-state index is 14.5. The molecule has 0 aliphatic carbocycles. The topological polar surface area (TPSA) is 289 Å². The SMILES string of the molecule is NC(=O)CN1CCNC(=O)CCCC(=O)N[C@@H](Cc2ccccc2)C(=O)N[C@H](Cc2ccccc2)C(=O)N[C@@H](CCCN=C(N)N)C(=O)N[C@@H](Cc2c[nH]c3ccccc23)C1=O. The van der Waals surface area contributed by atoms with E-state index in [1.54, 1.807) is 42.6 Å². The smallest absolute Gasteiger partial charge is 0.246 e. The fraction of sp³-hybridized carbons (Fsp3) is 0.364. The Labute approximate surface area is 359 Å². The molecule has 0 spiro atoms. The Bertz CT molecular complexity index is 2210. The average molecular weight is 850 g/mol. The Hall–Kier alpha value is -7.24. The first-order valence-corrected chi connectivity index (χ1v) is 20.6. The summed E-state index contributed by atoms with van der Waals surface area (Å²) in [4.78, 5) is 104. The maximum Gasteiger partial charge on any atom is 0.246 e. The number of aliphatic imine (C=N–C) groups is 1. The van der Waals surface area contributed by atoms with Crippen molar-refractivity contribution in [3.8, 4) is 0 Å². The number of carbonyl (C=O) groups is 7. The number of H-pyrrole nitrogens is 1. The summed E-state index contributed by atoms with van der Waals surface area (Å²) in [6.45, 7) is -0.603. The number of nitrogens with two attached hydrogens (primary N) is 3. The van der Waals surface area contributed by atoms with Gasteiger partial charge in [0, 0.05) is 68.8 Å². The fourth-order valence-corrected chi connectivity index (χ4v) is 7.20. The van der Waals surface area contributed by atoms with E-state index < -0.39 is 72.1 Å². The van der Waals surface area contributed by atoms with E-state index in [4.69, 9.17) is 17.2 Å². The highest BCUT2D eigenvalue weighted by Crippen LogP contribution is 2.20. The van der Waals surface area contributed by atoms with Gasteiger partial charge in [0.05, 0.1) is 6.54 Å². The van der Waals surface area contributed by atoms with Gasteiger partial charge in [0.1, 0.15) is 24.2 Å². The summed E-state index contributed by atoms with van der Waals surface area (Å²) in [5.74, 6) is -4.63. The zero-order valence-corrected chi connectivity index (χ0v) is 34.4. The van der Waals surface area contributed by atoms with Gasteiger partial charge in [0.25, 0.3) is 0 Å². The van der Waals surface area contributed by atoms with Gasteiger partial charge in [0.2, 0.25) is 41.4 Å². The van der Waals surface area contributed by atoms with E-state index >= 15 is 0 Å². The third-order valence-electron chi connectivity index (χ3n) is 10.3. The number of fused-ring (bicyclic) bond motifs is 1. The van der Waals surface area contributed by atoms with Crippen molar-refractivity contribution < 1.29 is 33.6 Å². The molecule has 0 radical (unpaired) electrons. The molecule has 18 nitrogen and oxygen atoms in total. The molecule has 328 valence electrons. The molecular formula is C44H55N11O7. The third kappa shape index (κ3) is 14.2. The van der Waals surface area contributed by atoms with Gasteiger partial charge in [-0.15, -0.1) is 0 Å². The van der Waals surface area contributed by atoms with Crippen molar-refractivity contribution in [1.82, 2.24) is 36.5 Å². The number of benzene rings is 3. The number of hydrogen-bond donors (Lipinski definition) is 9. The summed E-state index contributed by atoms with van der Waals surface area (Å²) in [6, 6.07) is 20.5. The monoisotopic (exact) mass is 849 g/mol. The number of aromatic amines is 1. The van der Waals surface area contributed by atoms with Crippen LogP contribution in [0.4, 0.5) is 0 Å². The quantitative estimate of drug-likeness (QED) is 0.0518. The van der Waals surface area contributed by atoms with E-state index in [-0.39, 0.29) is 77.0 Å². The van der Waals surface area contributed by atoms with Crippen LogP contribution in [0.15, 0.2) is 96.1 Å². The lowest BCUT2D eigenvalue weighted by Gasteiger charge is -2.29. The first kappa shape index (κ1) is 45.8. The minimum atomic E-state index is -1.28. The molecule has 7 amide bonds. The Kier molecular flexibility index (Phi) is 17.0. The van der Waals surface area contributed by atoms with Crippen LogP contribution in [0.5, 0.6) is 0 Å². The Morgan fingerprint density at radius 1 is 0.661 bits per heavy atom. The predicted molar refractivity (Wildman–Crippen MR) is 233 cm³/mol. The minimum absolute atomic E-state index is 0.0120. The van der Waals surface area contributed by atoms with Gasteiger partial charge < -0.3 is 53.7 Å². The molecule has 0 bridgehead atoms. The van der Waals surface area contributed by atoms with E-state index in [9.17, 15) is 33.6 Å². The van der Waals surface area contributed by atoms with Gasteiger partial charge in [0.15, 0.2) is 5.96 Å². The van der Waals surface area contributed by atoms with Crippen LogP contribution < -0.4 is 43.8 Å². The molecule has 3 aromatic carbocycles. The lowest BCUT2D eigenvalue weighted by atomic mass is 10.0. The summed E-state index contributed by atoms with van der Waals surface area (Å²) in [7, 11) is 0. The van der Waals surface area contributed by atoms with Gasteiger partial charge in [-0.05, 0) is 42.0 Å². The van der Waals surface area contributed by atoms with Gasteiger partial charge in [-0.2, -0.15) is 0 Å². The van der Waals surface area contributed by atoms with E-state index in [0.717, 1.165) is 21.4 Å². The number of aromatic nitrogens is 1. The van der Waals surface area contributed by atoms with Crippen molar-refractivity contribution in [2.75, 3.05) is 26.2 Å². The van der Waals surface area contributed by atoms with Crippen molar-refractivity contribution >= 4 is 58.2 Å². The molecule has 4 atom stereocenters. The molecule has 0 saturated carbocycles. The van der Waals surface area contributed by atoms with Gasteiger partial charge in [-0.3, -0.25) is 38.6 Å². The Balaban J connectivity index is 1.52. The van der Waals surface area contributed by atoms with E-state index in [1.165, 1.54) is 0 Å². The highest BCUT2D eigenvalue weighted by Gasteiger charge is 2.34. The average Bonchev–Trinajstić information content (AvgIpc) is 3.66. The second kappa shape index (κ2) is 22.9. The van der Waals surface area contributed by atoms with Crippen molar-refractivity contribution in [3.05, 3.63) is 108 Å². The number of nitrogens with one attached hydrogen (secondary N) is 6. The van der Waals surface area contributed by atoms with Gasteiger partial charge in [-0.25, -0.2) is 0 Å². The summed E-state index contributed by atoms with van der Waals surface area (Å²) < 4.78 is 0. The van der Waals surface area contributed by atoms with Gasteiger partial charge in [-0.1, -0.05) is 78.9 Å². The van der Waals surface area contributed by atoms with Crippen molar-refractivity contribution in [2.24, 2.45) is 22.2 Å². The number of primary amides is 1. The first-order chi connectivity index (χ1) is 29.9.